The highest BCUT2D eigenvalue weighted by Crippen LogP contribution is 2.29. The van der Waals surface area contributed by atoms with Crippen LogP contribution in [0.2, 0.25) is 0 Å². The number of aryl methyl sites for hydroxylation is 2. The molecule has 0 aliphatic heterocycles. The van der Waals surface area contributed by atoms with E-state index in [4.69, 9.17) is 4.52 Å². The number of thioether (sulfide) groups is 1. The first-order valence-electron chi connectivity index (χ1n) is 9.04. The van der Waals surface area contributed by atoms with Gasteiger partial charge in [-0.3, -0.25) is 9.59 Å². The van der Waals surface area contributed by atoms with E-state index in [1.807, 2.05) is 6.92 Å². The number of anilines is 1. The Morgan fingerprint density at radius 3 is 2.83 bits per heavy atom. The van der Waals surface area contributed by atoms with Crippen LogP contribution < -0.4 is 10.6 Å². The Kier molecular flexibility index (Phi) is 7.45. The lowest BCUT2D eigenvalue weighted by Crippen LogP contribution is -2.29. The summed E-state index contributed by atoms with van der Waals surface area (Å²) < 4.78 is 4.91. The van der Waals surface area contributed by atoms with Crippen molar-refractivity contribution in [2.75, 3.05) is 17.6 Å². The van der Waals surface area contributed by atoms with Crippen molar-refractivity contribution in [2.45, 2.75) is 32.4 Å². The zero-order valence-electron chi connectivity index (χ0n) is 16.4. The largest absolute Gasteiger partial charge is 0.360 e. The number of thiophene rings is 1. The van der Waals surface area contributed by atoms with E-state index >= 15 is 0 Å². The minimum atomic E-state index is -0.376. The first-order chi connectivity index (χ1) is 13.9. The van der Waals surface area contributed by atoms with Gasteiger partial charge >= 0.3 is 0 Å². The lowest BCUT2D eigenvalue weighted by Gasteiger charge is -2.10. The Labute approximate surface area is 181 Å². The molecule has 7 nitrogen and oxygen atoms in total. The summed E-state index contributed by atoms with van der Waals surface area (Å²) in [7, 11) is 0. The molecule has 3 heterocycles. The van der Waals surface area contributed by atoms with Gasteiger partial charge < -0.3 is 15.2 Å². The lowest BCUT2D eigenvalue weighted by molar-refractivity contribution is -0.118. The summed E-state index contributed by atoms with van der Waals surface area (Å²) >= 11 is 4.62. The average molecular weight is 451 g/mol. The maximum Gasteiger partial charge on any atom is 0.238 e. The third-order valence-electron chi connectivity index (χ3n) is 3.94. The fourth-order valence-corrected chi connectivity index (χ4v) is 4.80. The number of aromatic nitrogens is 2. The molecule has 0 radical (unpaired) electrons. The molecule has 0 saturated heterocycles. The average Bonchev–Trinajstić information content (AvgIpc) is 3.41. The molecule has 0 bridgehead atoms. The fraction of sp³-hybridized carbons (Fsp3) is 0.368. The lowest BCUT2D eigenvalue weighted by atomic mass is 10.3. The maximum atomic E-state index is 12.1. The summed E-state index contributed by atoms with van der Waals surface area (Å²) in [6, 6.07) is 5.80. The van der Waals surface area contributed by atoms with Gasteiger partial charge in [0.15, 0.2) is 5.82 Å². The molecule has 3 rings (SSSR count). The van der Waals surface area contributed by atoms with Crippen molar-refractivity contribution in [3.05, 3.63) is 39.2 Å². The van der Waals surface area contributed by atoms with Crippen LogP contribution in [-0.2, 0) is 16.0 Å². The highest BCUT2D eigenvalue weighted by atomic mass is 32.2. The Balaban J connectivity index is 1.35. The normalized spacial score (nSPS) is 12.0. The third-order valence-corrected chi connectivity index (χ3v) is 7.02. The topological polar surface area (TPSA) is 97.1 Å². The van der Waals surface area contributed by atoms with Crippen molar-refractivity contribution in [1.29, 1.82) is 0 Å². The van der Waals surface area contributed by atoms with E-state index in [0.717, 1.165) is 22.0 Å². The fourth-order valence-electron chi connectivity index (χ4n) is 2.43. The molecular formula is C19H22N4O3S3. The number of rotatable bonds is 9. The number of carbonyl (C=O) groups is 2. The molecule has 0 fully saturated rings. The van der Waals surface area contributed by atoms with Crippen molar-refractivity contribution in [2.24, 2.45) is 0 Å². The van der Waals surface area contributed by atoms with Crippen LogP contribution in [0.5, 0.6) is 0 Å². The summed E-state index contributed by atoms with van der Waals surface area (Å²) in [6.07, 6.45) is 0.770. The zero-order valence-corrected chi connectivity index (χ0v) is 18.8. The number of carbonyl (C=O) groups excluding carboxylic acids is 2. The number of nitrogens with zero attached hydrogens (tertiary/aromatic N) is 2. The summed E-state index contributed by atoms with van der Waals surface area (Å²) in [5, 5.41) is 12.0. The van der Waals surface area contributed by atoms with Gasteiger partial charge in [-0.25, -0.2) is 4.98 Å². The Morgan fingerprint density at radius 2 is 2.14 bits per heavy atom. The Bertz CT molecular complexity index is 979. The van der Waals surface area contributed by atoms with Crippen molar-refractivity contribution in [3.63, 3.8) is 0 Å². The second kappa shape index (κ2) is 10.0. The molecule has 29 heavy (non-hydrogen) atoms. The molecule has 0 aliphatic carbocycles. The zero-order chi connectivity index (χ0) is 20.8. The van der Waals surface area contributed by atoms with E-state index in [2.05, 4.69) is 38.3 Å². The van der Waals surface area contributed by atoms with E-state index in [-0.39, 0.29) is 22.8 Å². The number of hydrogen-bond donors (Lipinski definition) is 2. The molecule has 0 aromatic carbocycles. The summed E-state index contributed by atoms with van der Waals surface area (Å²) in [6.45, 7) is 6.07. The van der Waals surface area contributed by atoms with Crippen LogP contribution in [0.3, 0.4) is 0 Å². The Hall–Kier alpha value is -2.17. The van der Waals surface area contributed by atoms with E-state index in [1.54, 1.807) is 42.6 Å². The van der Waals surface area contributed by atoms with Crippen molar-refractivity contribution < 1.29 is 14.1 Å². The standard InChI is InChI=1S/C19H22N4O3S3/c1-11-8-17(23-26-11)22-19(25)12(2)27-10-18(24)20-7-6-14-4-5-16(29-14)15-9-28-13(3)21-15/h4-5,8-9,12H,6-7,10H2,1-3H3,(H,20,24)(H,22,23,25)/t12-/m1/s1. The van der Waals surface area contributed by atoms with Gasteiger partial charge in [-0.1, -0.05) is 5.16 Å². The summed E-state index contributed by atoms with van der Waals surface area (Å²) in [5.41, 5.74) is 1.01. The number of nitrogens with one attached hydrogen (secondary N) is 2. The second-order valence-corrected chi connectivity index (χ2v) is 9.94. The molecule has 0 spiro atoms. The predicted molar refractivity (Wildman–Crippen MR) is 119 cm³/mol. The van der Waals surface area contributed by atoms with Crippen LogP contribution >= 0.6 is 34.4 Å². The van der Waals surface area contributed by atoms with E-state index < -0.39 is 0 Å². The number of hydrogen-bond acceptors (Lipinski definition) is 8. The van der Waals surface area contributed by atoms with Crippen molar-refractivity contribution in [3.8, 4) is 10.6 Å². The second-order valence-electron chi connectivity index (χ2n) is 6.38. The van der Waals surface area contributed by atoms with Crippen LogP contribution in [0.4, 0.5) is 5.82 Å². The van der Waals surface area contributed by atoms with Gasteiger partial charge in [0, 0.05) is 22.9 Å². The van der Waals surface area contributed by atoms with Gasteiger partial charge in [0.2, 0.25) is 11.8 Å². The van der Waals surface area contributed by atoms with Crippen molar-refractivity contribution in [1.82, 2.24) is 15.5 Å². The third kappa shape index (κ3) is 6.41. The molecule has 0 saturated carbocycles. The van der Waals surface area contributed by atoms with Gasteiger partial charge in [0.1, 0.15) is 5.76 Å². The molecular weight excluding hydrogens is 428 g/mol. The number of amides is 2. The van der Waals surface area contributed by atoms with Crippen LogP contribution in [0.1, 0.15) is 22.6 Å². The molecule has 10 heteroatoms. The SMILES string of the molecule is Cc1cc(NC(=O)[C@@H](C)SCC(=O)NCCc2ccc(-c3csc(C)n3)s2)no1. The monoisotopic (exact) mass is 450 g/mol. The summed E-state index contributed by atoms with van der Waals surface area (Å²) in [4.78, 5) is 31.0. The van der Waals surface area contributed by atoms with E-state index in [9.17, 15) is 9.59 Å². The van der Waals surface area contributed by atoms with Gasteiger partial charge in [-0.05, 0) is 39.3 Å². The van der Waals surface area contributed by atoms with Gasteiger partial charge in [0.05, 0.1) is 26.6 Å². The quantitative estimate of drug-likeness (QED) is 0.513. The van der Waals surface area contributed by atoms with Crippen LogP contribution in [0, 0.1) is 13.8 Å². The van der Waals surface area contributed by atoms with Crippen molar-refractivity contribution >= 4 is 52.1 Å². The molecule has 2 amide bonds. The first-order valence-corrected chi connectivity index (χ1v) is 11.8. The van der Waals surface area contributed by atoms with Crippen LogP contribution in [0.15, 0.2) is 28.1 Å². The van der Waals surface area contributed by atoms with E-state index in [1.165, 1.54) is 16.6 Å². The number of thiazole rings is 1. The first kappa shape index (κ1) is 21.5. The maximum absolute atomic E-state index is 12.1. The van der Waals surface area contributed by atoms with Gasteiger partial charge in [-0.2, -0.15) is 0 Å². The van der Waals surface area contributed by atoms with Crippen LogP contribution in [0.25, 0.3) is 10.6 Å². The summed E-state index contributed by atoms with van der Waals surface area (Å²) in [5.74, 6) is 0.936. The van der Waals surface area contributed by atoms with Gasteiger partial charge in [-0.15, -0.1) is 34.4 Å². The smallest absolute Gasteiger partial charge is 0.238 e. The highest BCUT2D eigenvalue weighted by Gasteiger charge is 2.16. The molecule has 154 valence electrons. The van der Waals surface area contributed by atoms with E-state index in [0.29, 0.717) is 18.1 Å². The van der Waals surface area contributed by atoms with Crippen LogP contribution in [-0.4, -0.2) is 39.5 Å². The minimum Gasteiger partial charge on any atom is -0.360 e. The molecule has 2 N–H and O–H groups in total. The molecule has 0 unspecified atom stereocenters. The van der Waals surface area contributed by atoms with Gasteiger partial charge in [0.25, 0.3) is 0 Å². The molecule has 1 atom stereocenters. The Morgan fingerprint density at radius 1 is 1.31 bits per heavy atom. The minimum absolute atomic E-state index is 0.0844. The predicted octanol–water partition coefficient (Wildman–Crippen LogP) is 3.90. The molecule has 3 aromatic rings. The molecule has 0 aliphatic rings. The molecule has 3 aromatic heterocycles. The highest BCUT2D eigenvalue weighted by molar-refractivity contribution is 8.01.